The average molecular weight is 345 g/mol. The Labute approximate surface area is 148 Å². The molecule has 1 fully saturated rings. The molecule has 1 aliphatic carbocycles. The van der Waals surface area contributed by atoms with Crippen molar-refractivity contribution in [1.82, 2.24) is 15.5 Å². The van der Waals surface area contributed by atoms with E-state index in [4.69, 9.17) is 0 Å². The Bertz CT molecular complexity index is 1070. The van der Waals surface area contributed by atoms with Crippen LogP contribution in [0, 0.1) is 5.92 Å². The minimum atomic E-state index is 0.00364. The predicted molar refractivity (Wildman–Crippen MR) is 101 cm³/mol. The van der Waals surface area contributed by atoms with E-state index in [1.807, 2.05) is 24.3 Å². The number of thiophene rings is 1. The van der Waals surface area contributed by atoms with Crippen LogP contribution in [0.15, 0.2) is 65.2 Å². The van der Waals surface area contributed by atoms with Gasteiger partial charge in [-0.25, -0.2) is 0 Å². The number of aromatic amines is 1. The van der Waals surface area contributed by atoms with Crippen LogP contribution in [0.25, 0.3) is 27.6 Å². The van der Waals surface area contributed by atoms with Gasteiger partial charge in [-0.15, -0.1) is 11.3 Å². The maximum atomic E-state index is 12.3. The molecule has 5 rings (SSSR count). The molecule has 1 unspecified atom stereocenters. The van der Waals surface area contributed by atoms with Gasteiger partial charge in [0.15, 0.2) is 0 Å². The zero-order valence-corrected chi connectivity index (χ0v) is 14.1. The first-order valence-corrected chi connectivity index (χ1v) is 9.09. The van der Waals surface area contributed by atoms with Gasteiger partial charge in [-0.05, 0) is 47.7 Å². The first-order chi connectivity index (χ1) is 12.3. The van der Waals surface area contributed by atoms with Crippen molar-refractivity contribution in [2.75, 3.05) is 0 Å². The maximum Gasteiger partial charge on any atom is 0.252 e. The van der Waals surface area contributed by atoms with Gasteiger partial charge in [0.25, 0.3) is 5.91 Å². The molecule has 25 heavy (non-hydrogen) atoms. The third kappa shape index (κ3) is 2.36. The van der Waals surface area contributed by atoms with Gasteiger partial charge in [0.2, 0.25) is 0 Å². The lowest BCUT2D eigenvalue weighted by atomic mass is 9.91. The molecule has 5 heteroatoms. The molecule has 0 saturated carbocycles. The Balaban J connectivity index is 1.55. The summed E-state index contributed by atoms with van der Waals surface area (Å²) < 4.78 is 0. The smallest absolute Gasteiger partial charge is 0.252 e. The standard InChI is InChI=1S/C20H15N3OS/c24-20-15(13-4-1-2-5-16(13)21-20)10-12-7-8-14-17(11-12)22-23-19(14)18-6-3-9-25-18/h1-3,5-11,13H,4H2,(H,21,24)(H,22,23)/b15-10+. The Hall–Kier alpha value is -2.92. The lowest BCUT2D eigenvalue weighted by molar-refractivity contribution is -0.115. The Morgan fingerprint density at radius 3 is 3.12 bits per heavy atom. The summed E-state index contributed by atoms with van der Waals surface area (Å²) in [6, 6.07) is 10.3. The SMILES string of the molecule is O=C1NC2=CC=CCC2/C1=C\c1ccc2c(-c3cccs3)n[nH]c2c1. The molecule has 4 nitrogen and oxygen atoms in total. The third-order valence-electron chi connectivity index (χ3n) is 4.72. The molecular formula is C20H15N3OS. The highest BCUT2D eigenvalue weighted by molar-refractivity contribution is 7.13. The number of amides is 1. The summed E-state index contributed by atoms with van der Waals surface area (Å²) in [7, 11) is 0. The van der Waals surface area contributed by atoms with Crippen molar-refractivity contribution in [3.63, 3.8) is 0 Å². The van der Waals surface area contributed by atoms with Crippen molar-refractivity contribution in [2.24, 2.45) is 5.92 Å². The third-order valence-corrected chi connectivity index (χ3v) is 5.59. The Morgan fingerprint density at radius 1 is 1.28 bits per heavy atom. The van der Waals surface area contributed by atoms with Crippen LogP contribution in [0.3, 0.4) is 0 Å². The van der Waals surface area contributed by atoms with Crippen molar-refractivity contribution in [3.8, 4) is 10.6 Å². The number of H-pyrrole nitrogens is 1. The molecule has 1 aromatic carbocycles. The van der Waals surface area contributed by atoms with Crippen LogP contribution in [-0.2, 0) is 4.79 Å². The second-order valence-corrected chi connectivity index (χ2v) is 7.19. The van der Waals surface area contributed by atoms with Crippen LogP contribution in [0.1, 0.15) is 12.0 Å². The summed E-state index contributed by atoms with van der Waals surface area (Å²) >= 11 is 1.68. The van der Waals surface area contributed by atoms with Crippen LogP contribution < -0.4 is 5.32 Å². The fourth-order valence-electron chi connectivity index (χ4n) is 3.49. The minimum Gasteiger partial charge on any atom is -0.325 e. The largest absolute Gasteiger partial charge is 0.325 e. The van der Waals surface area contributed by atoms with Gasteiger partial charge in [-0.2, -0.15) is 5.10 Å². The number of carbonyl (C=O) groups is 1. The number of hydrogen-bond acceptors (Lipinski definition) is 3. The van der Waals surface area contributed by atoms with Crippen LogP contribution in [0.2, 0.25) is 0 Å². The van der Waals surface area contributed by atoms with Gasteiger partial charge in [-0.3, -0.25) is 9.89 Å². The summed E-state index contributed by atoms with van der Waals surface area (Å²) in [5.74, 6) is 0.153. The molecule has 1 saturated heterocycles. The zero-order chi connectivity index (χ0) is 16.8. The molecule has 0 bridgehead atoms. The monoisotopic (exact) mass is 345 g/mol. The summed E-state index contributed by atoms with van der Waals surface area (Å²) in [4.78, 5) is 13.5. The van der Waals surface area contributed by atoms with E-state index < -0.39 is 0 Å². The average Bonchev–Trinajstić information content (AvgIpc) is 3.34. The van der Waals surface area contributed by atoms with Gasteiger partial charge in [0.05, 0.1) is 10.4 Å². The Kier molecular flexibility index (Phi) is 3.21. The lowest BCUT2D eigenvalue weighted by Crippen LogP contribution is -2.13. The van der Waals surface area contributed by atoms with E-state index in [1.165, 1.54) is 0 Å². The topological polar surface area (TPSA) is 57.8 Å². The summed E-state index contributed by atoms with van der Waals surface area (Å²) in [6.07, 6.45) is 8.94. The fraction of sp³-hybridized carbons (Fsp3) is 0.100. The number of allylic oxidation sites excluding steroid dienone is 4. The predicted octanol–water partition coefficient (Wildman–Crippen LogP) is 4.26. The molecule has 2 aromatic heterocycles. The van der Waals surface area contributed by atoms with E-state index >= 15 is 0 Å². The van der Waals surface area contributed by atoms with Gasteiger partial charge >= 0.3 is 0 Å². The van der Waals surface area contributed by atoms with E-state index in [9.17, 15) is 4.79 Å². The molecule has 0 radical (unpaired) electrons. The highest BCUT2D eigenvalue weighted by Gasteiger charge is 2.32. The quantitative estimate of drug-likeness (QED) is 0.682. The second-order valence-electron chi connectivity index (χ2n) is 6.25. The number of fused-ring (bicyclic) bond motifs is 2. The molecule has 2 N–H and O–H groups in total. The number of aromatic nitrogens is 2. The molecule has 122 valence electrons. The van der Waals surface area contributed by atoms with Crippen molar-refractivity contribution in [3.05, 3.63) is 70.8 Å². The van der Waals surface area contributed by atoms with E-state index in [-0.39, 0.29) is 11.8 Å². The van der Waals surface area contributed by atoms with Crippen LogP contribution >= 0.6 is 11.3 Å². The number of nitrogens with one attached hydrogen (secondary N) is 2. The lowest BCUT2D eigenvalue weighted by Gasteiger charge is -2.11. The molecule has 2 aliphatic rings. The first-order valence-electron chi connectivity index (χ1n) is 8.21. The van der Waals surface area contributed by atoms with Crippen molar-refractivity contribution in [2.45, 2.75) is 6.42 Å². The van der Waals surface area contributed by atoms with Crippen LogP contribution in [0.5, 0.6) is 0 Å². The van der Waals surface area contributed by atoms with E-state index in [1.54, 1.807) is 11.3 Å². The number of nitrogens with zero attached hydrogens (tertiary/aromatic N) is 1. The number of carbonyl (C=O) groups excluding carboxylic acids is 1. The van der Waals surface area contributed by atoms with Gasteiger partial charge in [0.1, 0.15) is 5.69 Å². The molecule has 1 aliphatic heterocycles. The minimum absolute atomic E-state index is 0.00364. The van der Waals surface area contributed by atoms with Gasteiger partial charge < -0.3 is 5.32 Å². The summed E-state index contributed by atoms with van der Waals surface area (Å²) in [5.41, 5.74) is 4.80. The summed E-state index contributed by atoms with van der Waals surface area (Å²) in [6.45, 7) is 0. The van der Waals surface area contributed by atoms with Crippen molar-refractivity contribution < 1.29 is 4.79 Å². The zero-order valence-electron chi connectivity index (χ0n) is 13.3. The first kappa shape index (κ1) is 14.4. The molecule has 3 heterocycles. The van der Waals surface area contributed by atoms with Gasteiger partial charge in [0, 0.05) is 22.6 Å². The van der Waals surface area contributed by atoms with Crippen LogP contribution in [0.4, 0.5) is 0 Å². The second kappa shape index (κ2) is 5.57. The molecule has 1 atom stereocenters. The maximum absolute atomic E-state index is 12.3. The highest BCUT2D eigenvalue weighted by Crippen LogP contribution is 2.34. The molecule has 0 spiro atoms. The Morgan fingerprint density at radius 2 is 2.24 bits per heavy atom. The van der Waals surface area contributed by atoms with E-state index in [2.05, 4.69) is 51.2 Å². The normalized spacial score (nSPS) is 20.8. The molecular weight excluding hydrogens is 330 g/mol. The van der Waals surface area contributed by atoms with E-state index in [0.717, 1.165) is 44.7 Å². The van der Waals surface area contributed by atoms with E-state index in [0.29, 0.717) is 0 Å². The highest BCUT2D eigenvalue weighted by atomic mass is 32.1. The van der Waals surface area contributed by atoms with Gasteiger partial charge in [-0.1, -0.05) is 24.3 Å². The molecule has 1 amide bonds. The summed E-state index contributed by atoms with van der Waals surface area (Å²) in [5, 5.41) is 13.7. The number of rotatable bonds is 2. The molecule has 3 aromatic rings. The fourth-order valence-corrected chi connectivity index (χ4v) is 4.22. The van der Waals surface area contributed by atoms with Crippen molar-refractivity contribution in [1.29, 1.82) is 0 Å². The van der Waals surface area contributed by atoms with Crippen molar-refractivity contribution >= 4 is 34.2 Å². The number of benzene rings is 1. The number of hydrogen-bond donors (Lipinski definition) is 2. The van der Waals surface area contributed by atoms with Crippen LogP contribution in [-0.4, -0.2) is 16.1 Å².